The van der Waals surface area contributed by atoms with Crippen molar-refractivity contribution < 1.29 is 4.79 Å². The molecule has 6 heteroatoms. The molecule has 3 rings (SSSR count). The lowest BCUT2D eigenvalue weighted by Gasteiger charge is -2.02. The molecule has 0 unspecified atom stereocenters. The Kier molecular flexibility index (Phi) is 5.83. The molecule has 0 radical (unpaired) electrons. The maximum atomic E-state index is 12.3. The van der Waals surface area contributed by atoms with E-state index in [1.807, 2.05) is 24.3 Å². The highest BCUT2D eigenvalue weighted by Gasteiger charge is 2.10. The van der Waals surface area contributed by atoms with Gasteiger partial charge in [0.2, 0.25) is 5.13 Å². The van der Waals surface area contributed by atoms with Crippen LogP contribution < -0.4 is 5.32 Å². The number of nitrogens with zero attached hydrogens (tertiary/aromatic N) is 2. The zero-order valence-electron chi connectivity index (χ0n) is 14.2. The summed E-state index contributed by atoms with van der Waals surface area (Å²) in [6.07, 6.45) is 0.958. The van der Waals surface area contributed by atoms with Crippen LogP contribution in [0.2, 0.25) is 0 Å². The fraction of sp³-hybridized carbons (Fsp3) is 0.211. The first kappa shape index (κ1) is 17.6. The molecule has 4 nitrogen and oxygen atoms in total. The van der Waals surface area contributed by atoms with E-state index in [2.05, 4.69) is 53.6 Å². The van der Waals surface area contributed by atoms with Crippen LogP contribution in [0.15, 0.2) is 52.9 Å². The Bertz CT molecular complexity index is 842. The molecule has 0 aliphatic rings. The van der Waals surface area contributed by atoms with Gasteiger partial charge in [0.25, 0.3) is 5.91 Å². The minimum atomic E-state index is -0.158. The van der Waals surface area contributed by atoms with Crippen LogP contribution in [0, 0.1) is 6.92 Å². The van der Waals surface area contributed by atoms with E-state index in [4.69, 9.17) is 0 Å². The van der Waals surface area contributed by atoms with Crippen molar-refractivity contribution in [3.05, 3.63) is 70.8 Å². The molecule has 0 fully saturated rings. The van der Waals surface area contributed by atoms with Crippen molar-refractivity contribution in [2.75, 3.05) is 5.32 Å². The number of carbonyl (C=O) groups is 1. The van der Waals surface area contributed by atoms with Crippen LogP contribution in [0.4, 0.5) is 5.13 Å². The highest BCUT2D eigenvalue weighted by Crippen LogP contribution is 2.28. The van der Waals surface area contributed by atoms with Gasteiger partial charge in [-0.3, -0.25) is 10.1 Å². The van der Waals surface area contributed by atoms with Gasteiger partial charge in [-0.2, -0.15) is 0 Å². The van der Waals surface area contributed by atoms with Gasteiger partial charge in [0.1, 0.15) is 0 Å². The largest absolute Gasteiger partial charge is 0.296 e. The minimum absolute atomic E-state index is 0.158. The molecule has 0 atom stereocenters. The number of aryl methyl sites for hydroxylation is 2. The fourth-order valence-electron chi connectivity index (χ4n) is 2.21. The van der Waals surface area contributed by atoms with Gasteiger partial charge in [-0.15, -0.1) is 10.2 Å². The van der Waals surface area contributed by atoms with E-state index in [0.29, 0.717) is 10.7 Å². The third-order valence-corrected chi connectivity index (χ3v) is 5.78. The molecule has 25 heavy (non-hydrogen) atoms. The third-order valence-electron chi connectivity index (χ3n) is 3.73. The van der Waals surface area contributed by atoms with Crippen LogP contribution in [0.3, 0.4) is 0 Å². The van der Waals surface area contributed by atoms with Gasteiger partial charge >= 0.3 is 0 Å². The Balaban J connectivity index is 1.57. The second-order valence-corrected chi connectivity index (χ2v) is 7.85. The van der Waals surface area contributed by atoms with Gasteiger partial charge in [-0.1, -0.05) is 72.0 Å². The third kappa shape index (κ3) is 4.90. The normalized spacial score (nSPS) is 10.6. The molecule has 0 aliphatic heterocycles. The van der Waals surface area contributed by atoms with Gasteiger partial charge in [-0.05, 0) is 36.6 Å². The van der Waals surface area contributed by atoms with Crippen molar-refractivity contribution in [3.63, 3.8) is 0 Å². The Morgan fingerprint density at radius 2 is 1.72 bits per heavy atom. The molecule has 2 aromatic carbocycles. The summed E-state index contributed by atoms with van der Waals surface area (Å²) in [7, 11) is 0. The Hall–Kier alpha value is -2.18. The molecular weight excluding hydrogens is 350 g/mol. The predicted octanol–water partition coefficient (Wildman–Crippen LogP) is 4.95. The summed E-state index contributed by atoms with van der Waals surface area (Å²) < 4.78 is 0.845. The molecule has 128 valence electrons. The van der Waals surface area contributed by atoms with Crippen LogP contribution in [-0.2, 0) is 12.2 Å². The molecule has 0 aliphatic carbocycles. The second kappa shape index (κ2) is 8.27. The summed E-state index contributed by atoms with van der Waals surface area (Å²) in [6, 6.07) is 16.1. The van der Waals surface area contributed by atoms with E-state index in [1.165, 1.54) is 28.0 Å². The van der Waals surface area contributed by atoms with Crippen LogP contribution in [0.5, 0.6) is 0 Å². The lowest BCUT2D eigenvalue weighted by molar-refractivity contribution is 0.102. The van der Waals surface area contributed by atoms with Crippen molar-refractivity contribution in [2.24, 2.45) is 0 Å². The predicted molar refractivity (Wildman–Crippen MR) is 104 cm³/mol. The summed E-state index contributed by atoms with van der Waals surface area (Å²) in [6.45, 7) is 4.17. The summed E-state index contributed by atoms with van der Waals surface area (Å²) >= 11 is 3.02. The van der Waals surface area contributed by atoms with Gasteiger partial charge < -0.3 is 0 Å². The molecule has 1 amide bonds. The van der Waals surface area contributed by atoms with Gasteiger partial charge in [0, 0.05) is 11.3 Å². The number of nitrogens with one attached hydrogen (secondary N) is 1. The molecule has 0 spiro atoms. The van der Waals surface area contributed by atoms with Crippen LogP contribution in [0.25, 0.3) is 0 Å². The first-order chi connectivity index (χ1) is 12.1. The number of rotatable bonds is 6. The second-order valence-electron chi connectivity index (χ2n) is 5.65. The number of carbonyl (C=O) groups excluding carboxylic acids is 1. The topological polar surface area (TPSA) is 54.9 Å². The first-order valence-corrected chi connectivity index (χ1v) is 9.86. The summed E-state index contributed by atoms with van der Waals surface area (Å²) in [5, 5.41) is 11.5. The smallest absolute Gasteiger partial charge is 0.257 e. The highest BCUT2D eigenvalue weighted by molar-refractivity contribution is 8.00. The highest BCUT2D eigenvalue weighted by atomic mass is 32.2. The molecule has 3 aromatic rings. The van der Waals surface area contributed by atoms with Gasteiger partial charge in [0.05, 0.1) is 0 Å². The molecule has 0 bridgehead atoms. The van der Waals surface area contributed by atoms with Crippen molar-refractivity contribution in [2.45, 2.75) is 30.4 Å². The number of amides is 1. The Labute approximate surface area is 155 Å². The van der Waals surface area contributed by atoms with Crippen molar-refractivity contribution in [1.82, 2.24) is 10.2 Å². The summed E-state index contributed by atoms with van der Waals surface area (Å²) in [4.78, 5) is 12.3. The zero-order valence-corrected chi connectivity index (χ0v) is 15.8. The molecule has 1 heterocycles. The number of aromatic nitrogens is 2. The molecular formula is C19H19N3OS2. The van der Waals surface area contributed by atoms with Crippen LogP contribution >= 0.6 is 23.1 Å². The summed E-state index contributed by atoms with van der Waals surface area (Å²) in [5.74, 6) is 0.676. The van der Waals surface area contributed by atoms with E-state index in [-0.39, 0.29) is 5.91 Å². The maximum absolute atomic E-state index is 12.3. The average Bonchev–Trinajstić information content (AvgIpc) is 3.08. The zero-order chi connectivity index (χ0) is 17.6. The average molecular weight is 370 g/mol. The maximum Gasteiger partial charge on any atom is 0.257 e. The summed E-state index contributed by atoms with van der Waals surface area (Å²) in [5.41, 5.74) is 4.33. The Morgan fingerprint density at radius 1 is 1.04 bits per heavy atom. The van der Waals surface area contributed by atoms with Gasteiger partial charge in [-0.25, -0.2) is 0 Å². The van der Waals surface area contributed by atoms with E-state index < -0.39 is 0 Å². The van der Waals surface area contributed by atoms with E-state index >= 15 is 0 Å². The number of anilines is 1. The number of thioether (sulfide) groups is 1. The van der Waals surface area contributed by atoms with E-state index in [0.717, 1.165) is 16.5 Å². The number of hydrogen-bond donors (Lipinski definition) is 1. The van der Waals surface area contributed by atoms with E-state index in [9.17, 15) is 4.79 Å². The Morgan fingerprint density at radius 3 is 2.40 bits per heavy atom. The number of hydrogen-bond acceptors (Lipinski definition) is 5. The van der Waals surface area contributed by atoms with Crippen LogP contribution in [-0.4, -0.2) is 16.1 Å². The SMILES string of the molecule is CCc1ccc(C(=O)Nc2nnc(SCc3ccc(C)cc3)s2)cc1. The van der Waals surface area contributed by atoms with Gasteiger partial charge in [0.15, 0.2) is 4.34 Å². The standard InChI is InChI=1S/C19H19N3OS2/c1-3-14-8-10-16(11-9-14)17(23)20-18-21-22-19(25-18)24-12-15-6-4-13(2)5-7-15/h4-11H,3,12H2,1-2H3,(H,20,21,23). The lowest BCUT2D eigenvalue weighted by Crippen LogP contribution is -2.11. The first-order valence-electron chi connectivity index (χ1n) is 8.06. The van der Waals surface area contributed by atoms with Crippen LogP contribution in [0.1, 0.15) is 34.0 Å². The quantitative estimate of drug-likeness (QED) is 0.493. The van der Waals surface area contributed by atoms with Crippen molar-refractivity contribution in [1.29, 1.82) is 0 Å². The molecule has 0 saturated carbocycles. The van der Waals surface area contributed by atoms with E-state index in [1.54, 1.807) is 11.8 Å². The molecule has 1 N–H and O–H groups in total. The molecule has 0 saturated heterocycles. The molecule has 1 aromatic heterocycles. The lowest BCUT2D eigenvalue weighted by atomic mass is 10.1. The van der Waals surface area contributed by atoms with Crippen molar-refractivity contribution >= 4 is 34.1 Å². The monoisotopic (exact) mass is 369 g/mol. The van der Waals surface area contributed by atoms with Crippen molar-refractivity contribution in [3.8, 4) is 0 Å². The number of benzene rings is 2. The minimum Gasteiger partial charge on any atom is -0.296 e. The fourth-order valence-corrected chi connectivity index (χ4v) is 3.91.